The van der Waals surface area contributed by atoms with Crippen LogP contribution in [-0.2, 0) is 4.74 Å². The molecule has 0 saturated heterocycles. The maximum absolute atomic E-state index is 5.39. The summed E-state index contributed by atoms with van der Waals surface area (Å²) in [6.45, 7) is 12.1. The van der Waals surface area contributed by atoms with E-state index in [1.54, 1.807) is 0 Å². The Labute approximate surface area is 109 Å². The van der Waals surface area contributed by atoms with Gasteiger partial charge in [-0.15, -0.1) is 0 Å². The average Bonchev–Trinajstić information content (AvgIpc) is 2.41. The Morgan fingerprint density at radius 1 is 1.18 bits per heavy atom. The molecule has 0 rings (SSSR count). The van der Waals surface area contributed by atoms with Gasteiger partial charge in [0.15, 0.2) is 0 Å². The Morgan fingerprint density at radius 3 is 2.24 bits per heavy atom. The quantitative estimate of drug-likeness (QED) is 0.534. The molecule has 0 aromatic rings. The highest BCUT2D eigenvalue weighted by Gasteiger charge is 1.89. The lowest BCUT2D eigenvalue weighted by molar-refractivity contribution is 0.132. The van der Waals surface area contributed by atoms with Crippen molar-refractivity contribution in [1.82, 2.24) is 0 Å². The van der Waals surface area contributed by atoms with Crippen LogP contribution in [0.25, 0.3) is 0 Å². The number of nitrogens with two attached hydrogens (primary N) is 1. The minimum atomic E-state index is 0.898. The van der Waals surface area contributed by atoms with Crippen molar-refractivity contribution in [1.29, 1.82) is 0 Å². The predicted molar refractivity (Wildman–Crippen MR) is 80.4 cm³/mol. The summed E-state index contributed by atoms with van der Waals surface area (Å²) < 4.78 is 5.39. The second kappa shape index (κ2) is 24.6. The molecule has 0 unspecified atom stereocenters. The smallest absolute Gasteiger partial charge is 0.0469 e. The van der Waals surface area contributed by atoms with Crippen molar-refractivity contribution in [3.63, 3.8) is 0 Å². The van der Waals surface area contributed by atoms with Gasteiger partial charge in [0.25, 0.3) is 0 Å². The third-order valence-electron chi connectivity index (χ3n) is 1.78. The molecule has 2 nitrogen and oxygen atoms in total. The highest BCUT2D eigenvalue weighted by Crippen LogP contribution is 2.04. The topological polar surface area (TPSA) is 35.2 Å². The molecule has 0 atom stereocenters. The van der Waals surface area contributed by atoms with Gasteiger partial charge in [-0.2, -0.15) is 0 Å². The summed E-state index contributed by atoms with van der Waals surface area (Å²) in [5.74, 6) is 0. The van der Waals surface area contributed by atoms with E-state index in [1.807, 2.05) is 20.8 Å². The van der Waals surface area contributed by atoms with E-state index < -0.39 is 0 Å². The molecule has 2 heteroatoms. The van der Waals surface area contributed by atoms with Gasteiger partial charge >= 0.3 is 0 Å². The first-order valence-corrected chi connectivity index (χ1v) is 6.75. The van der Waals surface area contributed by atoms with Crippen LogP contribution in [0.3, 0.4) is 0 Å². The van der Waals surface area contributed by atoms with E-state index in [4.69, 9.17) is 4.74 Å². The fourth-order valence-corrected chi connectivity index (χ4v) is 1.04. The lowest BCUT2D eigenvalue weighted by Gasteiger charge is -2.02. The van der Waals surface area contributed by atoms with Gasteiger partial charge in [-0.05, 0) is 40.2 Å². The molecule has 0 bridgehead atoms. The molecule has 17 heavy (non-hydrogen) atoms. The van der Waals surface area contributed by atoms with E-state index in [0.29, 0.717) is 0 Å². The maximum Gasteiger partial charge on any atom is 0.0469 e. The number of hydrogen-bond acceptors (Lipinski definition) is 2. The molecular weight excluding hydrogens is 210 g/mol. The summed E-state index contributed by atoms with van der Waals surface area (Å²) in [4.78, 5) is 0. The molecule has 0 aromatic heterocycles. The second-order valence-electron chi connectivity index (χ2n) is 3.25. The van der Waals surface area contributed by atoms with E-state index in [9.17, 15) is 0 Å². The minimum absolute atomic E-state index is 0.898. The zero-order chi connectivity index (χ0) is 13.9. The van der Waals surface area contributed by atoms with E-state index in [2.05, 4.69) is 37.8 Å². The molecule has 0 aromatic carbocycles. The molecule has 0 aliphatic rings. The molecule has 0 fully saturated rings. The van der Waals surface area contributed by atoms with Crippen molar-refractivity contribution in [3.05, 3.63) is 23.8 Å². The van der Waals surface area contributed by atoms with Crippen LogP contribution in [0.4, 0.5) is 0 Å². The Hall–Kier alpha value is -0.600. The molecule has 0 spiro atoms. The number of hydrogen-bond donors (Lipinski definition) is 1. The van der Waals surface area contributed by atoms with Crippen molar-refractivity contribution in [2.75, 3.05) is 20.3 Å². The van der Waals surface area contributed by atoms with E-state index in [-0.39, 0.29) is 0 Å². The first kappa shape index (κ1) is 21.7. The van der Waals surface area contributed by atoms with Gasteiger partial charge in [0, 0.05) is 13.2 Å². The van der Waals surface area contributed by atoms with Crippen molar-refractivity contribution < 1.29 is 4.74 Å². The molecular formula is C15H33NO. The predicted octanol–water partition coefficient (Wildman–Crippen LogP) is 4.32. The summed E-state index contributed by atoms with van der Waals surface area (Å²) >= 11 is 0. The van der Waals surface area contributed by atoms with Crippen LogP contribution in [-0.4, -0.2) is 20.3 Å². The molecule has 0 radical (unpaired) electrons. The third kappa shape index (κ3) is 25.6. The molecule has 0 aliphatic carbocycles. The van der Waals surface area contributed by atoms with Gasteiger partial charge in [0.2, 0.25) is 0 Å². The van der Waals surface area contributed by atoms with Gasteiger partial charge in [-0.25, -0.2) is 0 Å². The highest BCUT2D eigenvalue weighted by atomic mass is 16.5. The van der Waals surface area contributed by atoms with Gasteiger partial charge in [-0.1, -0.05) is 44.6 Å². The summed E-state index contributed by atoms with van der Waals surface area (Å²) in [5.41, 5.74) is 5.93. The molecule has 0 amide bonds. The van der Waals surface area contributed by atoms with Crippen molar-refractivity contribution in [3.8, 4) is 0 Å². The number of rotatable bonds is 7. The Bertz CT molecular complexity index is 162. The highest BCUT2D eigenvalue weighted by molar-refractivity contribution is 5.09. The molecule has 2 N–H and O–H groups in total. The summed E-state index contributed by atoms with van der Waals surface area (Å²) in [5, 5.41) is 0. The van der Waals surface area contributed by atoms with Gasteiger partial charge in [0.1, 0.15) is 0 Å². The molecule has 0 heterocycles. The van der Waals surface area contributed by atoms with Crippen LogP contribution in [0, 0.1) is 0 Å². The van der Waals surface area contributed by atoms with Crippen molar-refractivity contribution in [2.45, 2.75) is 53.9 Å². The second-order valence-corrected chi connectivity index (χ2v) is 3.25. The Kier molecular flexibility index (Phi) is 31.3. The lowest BCUT2D eigenvalue weighted by atomic mass is 10.1. The SMILES string of the molecule is C/C=C\C=C(/C)CCCOCCC.CC.CN. The zero-order valence-corrected chi connectivity index (χ0v) is 12.8. The fourth-order valence-electron chi connectivity index (χ4n) is 1.04. The Balaban J connectivity index is -0.000000439. The minimum Gasteiger partial charge on any atom is -0.381 e. The van der Waals surface area contributed by atoms with Crippen LogP contribution >= 0.6 is 0 Å². The third-order valence-corrected chi connectivity index (χ3v) is 1.78. The Morgan fingerprint density at radius 2 is 1.76 bits per heavy atom. The largest absolute Gasteiger partial charge is 0.381 e. The van der Waals surface area contributed by atoms with Crippen molar-refractivity contribution >= 4 is 0 Å². The fraction of sp³-hybridized carbons (Fsp3) is 0.733. The first-order valence-electron chi connectivity index (χ1n) is 6.75. The average molecular weight is 243 g/mol. The summed E-state index contributed by atoms with van der Waals surface area (Å²) in [7, 11) is 1.50. The summed E-state index contributed by atoms with van der Waals surface area (Å²) in [6.07, 6.45) is 9.71. The van der Waals surface area contributed by atoms with E-state index >= 15 is 0 Å². The molecule has 0 saturated carbocycles. The van der Waals surface area contributed by atoms with Crippen LogP contribution < -0.4 is 5.73 Å². The zero-order valence-electron chi connectivity index (χ0n) is 12.8. The normalized spacial score (nSPS) is 10.4. The molecule has 104 valence electrons. The van der Waals surface area contributed by atoms with Crippen LogP contribution in [0.15, 0.2) is 23.8 Å². The van der Waals surface area contributed by atoms with Gasteiger partial charge in [0.05, 0.1) is 0 Å². The maximum atomic E-state index is 5.39. The van der Waals surface area contributed by atoms with E-state index in [0.717, 1.165) is 32.5 Å². The van der Waals surface area contributed by atoms with Gasteiger partial charge in [-0.3, -0.25) is 0 Å². The standard InChI is InChI=1S/C12H22O.C2H6.CH5N/c1-4-6-8-12(3)9-7-11-13-10-5-2;2*1-2/h4,6,8H,5,7,9-11H2,1-3H3;1-2H3;2H2,1H3/b6-4-,12-8+;;. The first-order chi connectivity index (χ1) is 8.31. The summed E-state index contributed by atoms with van der Waals surface area (Å²) in [6, 6.07) is 0. The van der Waals surface area contributed by atoms with Crippen molar-refractivity contribution in [2.24, 2.45) is 5.73 Å². The lowest BCUT2D eigenvalue weighted by Crippen LogP contribution is -1.95. The molecule has 0 aliphatic heterocycles. The number of allylic oxidation sites excluding steroid dienone is 4. The van der Waals surface area contributed by atoms with Crippen LogP contribution in [0.2, 0.25) is 0 Å². The van der Waals surface area contributed by atoms with Gasteiger partial charge < -0.3 is 10.5 Å². The van der Waals surface area contributed by atoms with Crippen LogP contribution in [0.1, 0.15) is 53.9 Å². The monoisotopic (exact) mass is 243 g/mol. The number of ether oxygens (including phenoxy) is 1. The van der Waals surface area contributed by atoms with Crippen LogP contribution in [0.5, 0.6) is 0 Å². The van der Waals surface area contributed by atoms with E-state index in [1.165, 1.54) is 12.6 Å².